The third-order valence-electron chi connectivity index (χ3n) is 3.89. The number of hydrogen-bond donors (Lipinski definition) is 0. The van der Waals surface area contributed by atoms with Gasteiger partial charge < -0.3 is 4.90 Å². The van der Waals surface area contributed by atoms with Crippen LogP contribution in [0.5, 0.6) is 0 Å². The zero-order valence-electron chi connectivity index (χ0n) is 11.9. The van der Waals surface area contributed by atoms with Gasteiger partial charge in [-0.05, 0) is 30.9 Å². The van der Waals surface area contributed by atoms with Gasteiger partial charge in [0.05, 0.1) is 6.20 Å². The van der Waals surface area contributed by atoms with Crippen molar-refractivity contribution in [2.24, 2.45) is 5.92 Å². The number of nitrogens with zero attached hydrogens (tertiary/aromatic N) is 2. The Labute approximate surface area is 127 Å². The summed E-state index contributed by atoms with van der Waals surface area (Å²) in [6.07, 6.45) is 3.65. The monoisotopic (exact) mass is 304 g/mol. The van der Waals surface area contributed by atoms with Gasteiger partial charge in [0.15, 0.2) is 0 Å². The van der Waals surface area contributed by atoms with Crippen molar-refractivity contribution >= 4 is 17.2 Å². The predicted molar refractivity (Wildman–Crippen MR) is 81.8 cm³/mol. The molecule has 5 heteroatoms. The van der Waals surface area contributed by atoms with Gasteiger partial charge in [0.2, 0.25) is 0 Å². The minimum absolute atomic E-state index is 0.0157. The lowest BCUT2D eigenvalue weighted by atomic mass is 9.99. The molecule has 0 saturated carbocycles. The van der Waals surface area contributed by atoms with Crippen molar-refractivity contribution in [2.45, 2.75) is 19.8 Å². The topological polar surface area (TPSA) is 33.2 Å². The molecule has 1 aliphatic rings. The molecule has 1 aliphatic heterocycles. The first-order valence-corrected chi connectivity index (χ1v) is 7.97. The second kappa shape index (κ2) is 5.93. The Kier molecular flexibility index (Phi) is 4.01. The van der Waals surface area contributed by atoms with Crippen LogP contribution in [0.3, 0.4) is 0 Å². The molecular weight excluding hydrogens is 287 g/mol. The predicted octanol–water partition coefficient (Wildman–Crippen LogP) is 3.82. The van der Waals surface area contributed by atoms with Crippen LogP contribution < -0.4 is 0 Å². The van der Waals surface area contributed by atoms with Crippen molar-refractivity contribution in [3.05, 3.63) is 41.2 Å². The maximum Gasteiger partial charge on any atom is 0.265 e. The first-order valence-electron chi connectivity index (χ1n) is 7.15. The first kappa shape index (κ1) is 14.2. The molecule has 21 heavy (non-hydrogen) atoms. The number of halogens is 1. The van der Waals surface area contributed by atoms with Gasteiger partial charge in [-0.3, -0.25) is 4.79 Å². The Morgan fingerprint density at radius 1 is 1.33 bits per heavy atom. The zero-order chi connectivity index (χ0) is 14.8. The molecule has 3 rings (SSSR count). The SMILES string of the molecule is CC1CCN(C(=O)c2cnc(-c3ccccc3F)s2)CC1. The maximum atomic E-state index is 13.8. The molecule has 1 aromatic carbocycles. The van der Waals surface area contributed by atoms with Crippen molar-refractivity contribution in [2.75, 3.05) is 13.1 Å². The van der Waals surface area contributed by atoms with E-state index in [0.29, 0.717) is 21.4 Å². The van der Waals surface area contributed by atoms with E-state index < -0.39 is 0 Å². The molecule has 1 aromatic heterocycles. The Morgan fingerprint density at radius 3 is 2.76 bits per heavy atom. The molecule has 1 amide bonds. The summed E-state index contributed by atoms with van der Waals surface area (Å²) < 4.78 is 13.8. The van der Waals surface area contributed by atoms with Crippen LogP contribution in [0.2, 0.25) is 0 Å². The lowest BCUT2D eigenvalue weighted by Gasteiger charge is -2.29. The van der Waals surface area contributed by atoms with E-state index in [4.69, 9.17) is 0 Å². The Bertz CT molecular complexity index is 647. The molecule has 0 atom stereocenters. The minimum Gasteiger partial charge on any atom is -0.338 e. The summed E-state index contributed by atoms with van der Waals surface area (Å²) in [5, 5.41) is 0.557. The molecule has 0 N–H and O–H groups in total. The lowest BCUT2D eigenvalue weighted by Crippen LogP contribution is -2.37. The molecule has 3 nitrogen and oxygen atoms in total. The van der Waals surface area contributed by atoms with Crippen LogP contribution in [0.4, 0.5) is 4.39 Å². The average molecular weight is 304 g/mol. The van der Waals surface area contributed by atoms with Crippen molar-refractivity contribution in [1.82, 2.24) is 9.88 Å². The number of carbonyl (C=O) groups excluding carboxylic acids is 1. The number of likely N-dealkylation sites (tertiary alicyclic amines) is 1. The number of thiazole rings is 1. The fraction of sp³-hybridized carbons (Fsp3) is 0.375. The number of hydrogen-bond acceptors (Lipinski definition) is 3. The van der Waals surface area contributed by atoms with Gasteiger partial charge >= 0.3 is 0 Å². The normalized spacial score (nSPS) is 16.2. The van der Waals surface area contributed by atoms with Gasteiger partial charge in [-0.15, -0.1) is 11.3 Å². The molecule has 1 fully saturated rings. The summed E-state index contributed by atoms with van der Waals surface area (Å²) >= 11 is 1.26. The summed E-state index contributed by atoms with van der Waals surface area (Å²) in [6, 6.07) is 6.51. The molecule has 1 saturated heterocycles. The van der Waals surface area contributed by atoms with Crippen LogP contribution in [-0.2, 0) is 0 Å². The Balaban J connectivity index is 1.79. The van der Waals surface area contributed by atoms with E-state index in [-0.39, 0.29) is 11.7 Å². The molecular formula is C16H17FN2OS. The van der Waals surface area contributed by atoms with Crippen molar-refractivity contribution in [1.29, 1.82) is 0 Å². The number of rotatable bonds is 2. The average Bonchev–Trinajstić information content (AvgIpc) is 2.97. The van der Waals surface area contributed by atoms with Crippen molar-refractivity contribution < 1.29 is 9.18 Å². The summed E-state index contributed by atoms with van der Waals surface area (Å²) in [6.45, 7) is 3.81. The third-order valence-corrected chi connectivity index (χ3v) is 4.91. The molecule has 0 spiro atoms. The number of benzene rings is 1. The van der Waals surface area contributed by atoms with Gasteiger partial charge in [0, 0.05) is 18.7 Å². The summed E-state index contributed by atoms with van der Waals surface area (Å²) in [5.41, 5.74) is 0.453. The van der Waals surface area contributed by atoms with E-state index in [2.05, 4.69) is 11.9 Å². The fourth-order valence-corrected chi connectivity index (χ4v) is 3.41. The molecule has 0 bridgehead atoms. The summed E-state index contributed by atoms with van der Waals surface area (Å²) in [5.74, 6) is 0.393. The standard InChI is InChI=1S/C16H17FN2OS/c1-11-6-8-19(9-7-11)16(20)14-10-18-15(21-14)12-4-2-3-5-13(12)17/h2-5,10-11H,6-9H2,1H3. The second-order valence-electron chi connectivity index (χ2n) is 5.48. The van der Waals surface area contributed by atoms with Gasteiger partial charge in [-0.2, -0.15) is 0 Å². The molecule has 0 radical (unpaired) electrons. The van der Waals surface area contributed by atoms with Crippen LogP contribution in [-0.4, -0.2) is 28.9 Å². The molecule has 2 aromatic rings. The lowest BCUT2D eigenvalue weighted by molar-refractivity contribution is 0.0702. The van der Waals surface area contributed by atoms with E-state index in [9.17, 15) is 9.18 Å². The van der Waals surface area contributed by atoms with Gasteiger partial charge in [-0.25, -0.2) is 9.37 Å². The van der Waals surface area contributed by atoms with Gasteiger partial charge in [-0.1, -0.05) is 19.1 Å². The quantitative estimate of drug-likeness (QED) is 0.845. The second-order valence-corrected chi connectivity index (χ2v) is 6.51. The van der Waals surface area contributed by atoms with E-state index in [1.54, 1.807) is 24.4 Å². The highest BCUT2D eigenvalue weighted by atomic mass is 32.1. The smallest absolute Gasteiger partial charge is 0.265 e. The molecule has 110 valence electrons. The van der Waals surface area contributed by atoms with Gasteiger partial charge in [0.1, 0.15) is 15.7 Å². The number of piperidine rings is 1. The third kappa shape index (κ3) is 2.97. The van der Waals surface area contributed by atoms with Crippen LogP contribution in [0.15, 0.2) is 30.5 Å². The van der Waals surface area contributed by atoms with Crippen LogP contribution >= 0.6 is 11.3 Å². The highest BCUT2D eigenvalue weighted by molar-refractivity contribution is 7.16. The highest BCUT2D eigenvalue weighted by Crippen LogP contribution is 2.28. The number of carbonyl (C=O) groups is 1. The first-order chi connectivity index (χ1) is 10.1. The van der Waals surface area contributed by atoms with Crippen LogP contribution in [0, 0.1) is 11.7 Å². The van der Waals surface area contributed by atoms with E-state index in [0.717, 1.165) is 25.9 Å². The Morgan fingerprint density at radius 2 is 2.05 bits per heavy atom. The van der Waals surface area contributed by atoms with Gasteiger partial charge in [0.25, 0.3) is 5.91 Å². The fourth-order valence-electron chi connectivity index (χ4n) is 2.50. The largest absolute Gasteiger partial charge is 0.338 e. The molecule has 0 unspecified atom stereocenters. The van der Waals surface area contributed by atoms with E-state index in [1.807, 2.05) is 4.90 Å². The summed E-state index contributed by atoms with van der Waals surface area (Å²) in [7, 11) is 0. The molecule has 2 heterocycles. The highest BCUT2D eigenvalue weighted by Gasteiger charge is 2.23. The number of aromatic nitrogens is 1. The van der Waals surface area contributed by atoms with Crippen LogP contribution in [0.1, 0.15) is 29.4 Å². The Hall–Kier alpha value is -1.75. The molecule has 0 aliphatic carbocycles. The maximum absolute atomic E-state index is 13.8. The summed E-state index contributed by atoms with van der Waals surface area (Å²) in [4.78, 5) is 19.1. The minimum atomic E-state index is -0.308. The van der Waals surface area contributed by atoms with Crippen LogP contribution in [0.25, 0.3) is 10.6 Å². The zero-order valence-corrected chi connectivity index (χ0v) is 12.7. The van der Waals surface area contributed by atoms with Crippen molar-refractivity contribution in [3.8, 4) is 10.6 Å². The van der Waals surface area contributed by atoms with Crippen molar-refractivity contribution in [3.63, 3.8) is 0 Å². The van der Waals surface area contributed by atoms with E-state index >= 15 is 0 Å². The van der Waals surface area contributed by atoms with E-state index in [1.165, 1.54) is 17.4 Å². The number of amides is 1.